The zero-order valence-corrected chi connectivity index (χ0v) is 14.1. The lowest BCUT2D eigenvalue weighted by Crippen LogP contribution is -2.23. The van der Waals surface area contributed by atoms with Crippen LogP contribution in [-0.2, 0) is 11.2 Å². The third-order valence-electron chi connectivity index (χ3n) is 4.84. The van der Waals surface area contributed by atoms with Gasteiger partial charge >= 0.3 is 5.97 Å². The second kappa shape index (κ2) is 6.55. The molecule has 3 aromatic rings. The first kappa shape index (κ1) is 15.6. The second-order valence-corrected chi connectivity index (χ2v) is 6.37. The molecule has 0 N–H and O–H groups in total. The number of carbonyl (C=O) groups excluding carboxylic acids is 1. The van der Waals surface area contributed by atoms with Crippen molar-refractivity contribution in [3.8, 4) is 0 Å². The maximum atomic E-state index is 12.0. The van der Waals surface area contributed by atoms with Crippen LogP contribution in [0.15, 0.2) is 49.1 Å². The average Bonchev–Trinajstić information content (AvgIpc) is 3.30. The van der Waals surface area contributed by atoms with Crippen molar-refractivity contribution in [1.29, 1.82) is 0 Å². The number of benzene rings is 1. The van der Waals surface area contributed by atoms with Crippen molar-refractivity contribution in [3.63, 3.8) is 0 Å². The van der Waals surface area contributed by atoms with E-state index < -0.39 is 0 Å². The van der Waals surface area contributed by atoms with Crippen LogP contribution < -0.4 is 4.90 Å². The highest BCUT2D eigenvalue weighted by molar-refractivity contribution is 5.91. The summed E-state index contributed by atoms with van der Waals surface area (Å²) in [6, 6.07) is 7.71. The highest BCUT2D eigenvalue weighted by Gasteiger charge is 2.26. The molecule has 25 heavy (non-hydrogen) atoms. The van der Waals surface area contributed by atoms with Crippen LogP contribution in [0, 0.1) is 5.92 Å². The van der Waals surface area contributed by atoms with Gasteiger partial charge in [0.2, 0.25) is 0 Å². The molecule has 128 valence electrons. The zero-order chi connectivity index (χ0) is 17.2. The third-order valence-corrected chi connectivity index (χ3v) is 4.84. The summed E-state index contributed by atoms with van der Waals surface area (Å²) >= 11 is 0. The van der Waals surface area contributed by atoms with Gasteiger partial charge in [0.15, 0.2) is 5.65 Å². The summed E-state index contributed by atoms with van der Waals surface area (Å²) in [7, 11) is 1.43. The molecular formula is C19H20N4O2. The van der Waals surface area contributed by atoms with Crippen molar-refractivity contribution in [3.05, 3.63) is 60.2 Å². The SMILES string of the molecule is COC(=O)c1ccccc1CC1CCN(c2cncc3nccn23)C1. The first-order chi connectivity index (χ1) is 12.3. The van der Waals surface area contributed by atoms with Crippen LogP contribution in [-0.4, -0.2) is 40.5 Å². The smallest absolute Gasteiger partial charge is 0.338 e. The minimum atomic E-state index is -0.266. The summed E-state index contributed by atoms with van der Waals surface area (Å²) in [5, 5.41) is 0. The van der Waals surface area contributed by atoms with Crippen LogP contribution in [0.1, 0.15) is 22.3 Å². The molecule has 1 fully saturated rings. The molecule has 0 saturated carbocycles. The van der Waals surface area contributed by atoms with Gasteiger partial charge in [-0.05, 0) is 30.4 Å². The van der Waals surface area contributed by atoms with Crippen molar-refractivity contribution in [2.75, 3.05) is 25.1 Å². The predicted molar refractivity (Wildman–Crippen MR) is 94.8 cm³/mol. The Morgan fingerprint density at radius 2 is 2.20 bits per heavy atom. The van der Waals surface area contributed by atoms with Gasteiger partial charge in [0.25, 0.3) is 0 Å². The van der Waals surface area contributed by atoms with Crippen molar-refractivity contribution in [2.45, 2.75) is 12.8 Å². The number of fused-ring (bicyclic) bond motifs is 1. The van der Waals surface area contributed by atoms with E-state index in [1.165, 1.54) is 7.11 Å². The summed E-state index contributed by atoms with van der Waals surface area (Å²) in [6.45, 7) is 1.92. The maximum absolute atomic E-state index is 12.0. The lowest BCUT2D eigenvalue weighted by atomic mass is 9.95. The number of nitrogens with zero attached hydrogens (tertiary/aromatic N) is 4. The van der Waals surface area contributed by atoms with Gasteiger partial charge in [0, 0.05) is 25.5 Å². The van der Waals surface area contributed by atoms with E-state index in [0.717, 1.165) is 43.0 Å². The van der Waals surface area contributed by atoms with Gasteiger partial charge in [-0.3, -0.25) is 9.38 Å². The summed E-state index contributed by atoms with van der Waals surface area (Å²) in [4.78, 5) is 22.9. The molecule has 1 aliphatic heterocycles. The standard InChI is InChI=1S/C19H20N4O2/c1-25-19(24)16-5-3-2-4-15(16)10-14-6-8-22(13-14)18-12-20-11-17-21-7-9-23(17)18/h2-5,7,9,11-12,14H,6,8,10,13H2,1H3. The van der Waals surface area contributed by atoms with E-state index in [-0.39, 0.29) is 5.97 Å². The number of methoxy groups -OCH3 is 1. The van der Waals surface area contributed by atoms with Crippen LogP contribution >= 0.6 is 0 Å². The number of hydrogen-bond donors (Lipinski definition) is 0. The minimum Gasteiger partial charge on any atom is -0.465 e. The molecule has 1 aliphatic rings. The normalized spacial score (nSPS) is 17.2. The first-order valence-electron chi connectivity index (χ1n) is 8.44. The third kappa shape index (κ3) is 2.95. The van der Waals surface area contributed by atoms with E-state index in [1.807, 2.05) is 36.7 Å². The number of hydrogen-bond acceptors (Lipinski definition) is 5. The highest BCUT2D eigenvalue weighted by atomic mass is 16.5. The molecule has 6 nitrogen and oxygen atoms in total. The Kier molecular flexibility index (Phi) is 4.09. The summed E-state index contributed by atoms with van der Waals surface area (Å²) in [5.41, 5.74) is 2.58. The Labute approximate surface area is 146 Å². The van der Waals surface area contributed by atoms with E-state index in [2.05, 4.69) is 19.3 Å². The molecule has 1 atom stereocenters. The molecule has 3 heterocycles. The first-order valence-corrected chi connectivity index (χ1v) is 8.44. The van der Waals surface area contributed by atoms with E-state index in [0.29, 0.717) is 11.5 Å². The fourth-order valence-corrected chi connectivity index (χ4v) is 3.60. The largest absolute Gasteiger partial charge is 0.465 e. The molecule has 1 saturated heterocycles. The zero-order valence-electron chi connectivity index (χ0n) is 14.1. The number of rotatable bonds is 4. The molecule has 6 heteroatoms. The van der Waals surface area contributed by atoms with Crippen molar-refractivity contribution < 1.29 is 9.53 Å². The van der Waals surface area contributed by atoms with E-state index in [9.17, 15) is 4.79 Å². The molecule has 1 unspecified atom stereocenters. The van der Waals surface area contributed by atoms with Gasteiger partial charge < -0.3 is 9.64 Å². The van der Waals surface area contributed by atoms with Crippen molar-refractivity contribution >= 4 is 17.4 Å². The molecule has 0 radical (unpaired) electrons. The van der Waals surface area contributed by atoms with E-state index in [1.54, 1.807) is 12.4 Å². The van der Waals surface area contributed by atoms with E-state index >= 15 is 0 Å². The monoisotopic (exact) mass is 336 g/mol. The van der Waals surface area contributed by atoms with Crippen molar-refractivity contribution in [2.24, 2.45) is 5.92 Å². The predicted octanol–water partition coefficient (Wildman–Crippen LogP) is 2.58. The topological polar surface area (TPSA) is 59.7 Å². The van der Waals surface area contributed by atoms with Crippen molar-refractivity contribution in [1.82, 2.24) is 14.4 Å². The maximum Gasteiger partial charge on any atom is 0.338 e. The van der Waals surface area contributed by atoms with Crippen LogP contribution in [0.25, 0.3) is 5.65 Å². The van der Waals surface area contributed by atoms with Gasteiger partial charge in [-0.25, -0.2) is 9.78 Å². The summed E-state index contributed by atoms with van der Waals surface area (Å²) in [5.74, 6) is 1.29. The minimum absolute atomic E-state index is 0.266. The molecule has 4 rings (SSSR count). The van der Waals surface area contributed by atoms with Gasteiger partial charge in [-0.15, -0.1) is 0 Å². The molecule has 0 amide bonds. The van der Waals surface area contributed by atoms with Gasteiger partial charge in [-0.2, -0.15) is 0 Å². The van der Waals surface area contributed by atoms with Crippen LogP contribution in [0.3, 0.4) is 0 Å². The van der Waals surface area contributed by atoms with Crippen LogP contribution in [0.4, 0.5) is 5.82 Å². The number of esters is 1. The Hall–Kier alpha value is -2.89. The van der Waals surface area contributed by atoms with E-state index in [4.69, 9.17) is 4.74 Å². The Morgan fingerprint density at radius 3 is 3.08 bits per heavy atom. The fraction of sp³-hybridized carbons (Fsp3) is 0.316. The van der Waals surface area contributed by atoms with Crippen LogP contribution in [0.2, 0.25) is 0 Å². The number of imidazole rings is 1. The highest BCUT2D eigenvalue weighted by Crippen LogP contribution is 2.27. The lowest BCUT2D eigenvalue weighted by molar-refractivity contribution is 0.0599. The second-order valence-electron chi connectivity index (χ2n) is 6.37. The molecule has 2 aromatic heterocycles. The van der Waals surface area contributed by atoms with Gasteiger partial charge in [0.1, 0.15) is 5.82 Å². The Bertz CT molecular complexity index is 905. The summed E-state index contributed by atoms with van der Waals surface area (Å²) < 4.78 is 6.97. The van der Waals surface area contributed by atoms with Gasteiger partial charge in [0.05, 0.1) is 25.1 Å². The quantitative estimate of drug-likeness (QED) is 0.685. The summed E-state index contributed by atoms with van der Waals surface area (Å²) in [6.07, 6.45) is 9.37. The average molecular weight is 336 g/mol. The van der Waals surface area contributed by atoms with Crippen LogP contribution in [0.5, 0.6) is 0 Å². The molecule has 0 bridgehead atoms. The molecule has 0 spiro atoms. The number of carbonyl (C=O) groups is 1. The molecular weight excluding hydrogens is 316 g/mol. The Morgan fingerprint density at radius 1 is 1.32 bits per heavy atom. The number of anilines is 1. The number of ether oxygens (including phenoxy) is 1. The lowest BCUT2D eigenvalue weighted by Gasteiger charge is -2.19. The van der Waals surface area contributed by atoms with Gasteiger partial charge in [-0.1, -0.05) is 18.2 Å². The molecule has 1 aromatic carbocycles. The molecule has 0 aliphatic carbocycles. The Balaban J connectivity index is 1.52. The fourth-order valence-electron chi connectivity index (χ4n) is 3.60. The number of aromatic nitrogens is 3.